The first-order valence-electron chi connectivity index (χ1n) is 8.22. The van der Waals surface area contributed by atoms with E-state index in [1.54, 1.807) is 37.1 Å². The number of nitrogens with one attached hydrogen (secondary N) is 1. The lowest BCUT2D eigenvalue weighted by Crippen LogP contribution is -2.16. The number of carbonyl (C=O) groups excluding carboxylic acids is 1. The number of methoxy groups -OCH3 is 2. The van der Waals surface area contributed by atoms with Gasteiger partial charge in [0.25, 0.3) is 5.91 Å². The van der Waals surface area contributed by atoms with Crippen molar-refractivity contribution in [1.29, 1.82) is 0 Å². The zero-order valence-electron chi connectivity index (χ0n) is 15.0. The second kappa shape index (κ2) is 7.74. The summed E-state index contributed by atoms with van der Waals surface area (Å²) >= 11 is 0. The van der Waals surface area contributed by atoms with E-state index < -0.39 is 0 Å². The van der Waals surface area contributed by atoms with Crippen LogP contribution in [0.3, 0.4) is 0 Å². The van der Waals surface area contributed by atoms with E-state index in [2.05, 4.69) is 10.4 Å². The number of hydrogen-bond donors (Lipinski definition) is 1. The molecule has 1 N–H and O–H groups in total. The van der Waals surface area contributed by atoms with Gasteiger partial charge in [-0.25, -0.2) is 4.68 Å². The van der Waals surface area contributed by atoms with Gasteiger partial charge in [-0.3, -0.25) is 4.79 Å². The average Bonchev–Trinajstić information content (AvgIpc) is 3.00. The molecule has 0 aliphatic rings. The number of benzene rings is 2. The van der Waals surface area contributed by atoms with Crippen molar-refractivity contribution >= 4 is 11.7 Å². The first kappa shape index (κ1) is 17.5. The van der Waals surface area contributed by atoms with Crippen LogP contribution in [0.2, 0.25) is 0 Å². The maximum atomic E-state index is 12.7. The highest BCUT2D eigenvalue weighted by atomic mass is 16.5. The van der Waals surface area contributed by atoms with Gasteiger partial charge in [0.1, 0.15) is 17.3 Å². The normalized spacial score (nSPS) is 10.4. The van der Waals surface area contributed by atoms with Crippen LogP contribution in [0, 0.1) is 6.92 Å². The lowest BCUT2D eigenvalue weighted by atomic mass is 10.2. The van der Waals surface area contributed by atoms with Gasteiger partial charge in [0.2, 0.25) is 0 Å². The van der Waals surface area contributed by atoms with Gasteiger partial charge in [-0.1, -0.05) is 30.3 Å². The van der Waals surface area contributed by atoms with E-state index in [9.17, 15) is 4.79 Å². The molecule has 0 atom stereocenters. The summed E-state index contributed by atoms with van der Waals surface area (Å²) in [5.41, 5.74) is 2.39. The zero-order valence-corrected chi connectivity index (χ0v) is 15.0. The quantitative estimate of drug-likeness (QED) is 0.738. The van der Waals surface area contributed by atoms with Crippen molar-refractivity contribution in [2.75, 3.05) is 19.5 Å². The molecule has 0 unspecified atom stereocenters. The Hall–Kier alpha value is -3.28. The van der Waals surface area contributed by atoms with Crippen molar-refractivity contribution in [3.8, 4) is 11.5 Å². The van der Waals surface area contributed by atoms with E-state index >= 15 is 0 Å². The summed E-state index contributed by atoms with van der Waals surface area (Å²) in [6.07, 6.45) is 0. The van der Waals surface area contributed by atoms with Crippen LogP contribution >= 0.6 is 0 Å². The monoisotopic (exact) mass is 351 g/mol. The second-order valence-corrected chi connectivity index (χ2v) is 5.87. The molecule has 1 amide bonds. The summed E-state index contributed by atoms with van der Waals surface area (Å²) < 4.78 is 12.2. The lowest BCUT2D eigenvalue weighted by molar-refractivity contribution is 0.102. The maximum absolute atomic E-state index is 12.7. The molecule has 0 radical (unpaired) electrons. The molecule has 3 aromatic rings. The molecule has 1 heterocycles. The third-order valence-corrected chi connectivity index (χ3v) is 3.93. The van der Waals surface area contributed by atoms with Crippen LogP contribution in [0.15, 0.2) is 54.6 Å². The Balaban J connectivity index is 1.84. The van der Waals surface area contributed by atoms with Gasteiger partial charge in [0.05, 0.1) is 26.5 Å². The second-order valence-electron chi connectivity index (χ2n) is 5.87. The Labute approximate surface area is 152 Å². The summed E-state index contributed by atoms with van der Waals surface area (Å²) in [5.74, 6) is 1.50. The van der Waals surface area contributed by atoms with Crippen LogP contribution in [0.4, 0.5) is 5.82 Å². The molecule has 0 saturated carbocycles. The Morgan fingerprint density at radius 3 is 2.31 bits per heavy atom. The minimum atomic E-state index is -0.253. The van der Waals surface area contributed by atoms with E-state index in [0.717, 1.165) is 11.3 Å². The molecule has 6 heteroatoms. The average molecular weight is 351 g/mol. The van der Waals surface area contributed by atoms with E-state index in [0.29, 0.717) is 29.4 Å². The molecular formula is C20H21N3O3. The standard InChI is InChI=1S/C20H21N3O3/c1-14-9-19(23(22-14)13-15-7-5-4-6-8-15)21-20(24)16-10-17(25-2)12-18(11-16)26-3/h4-12H,13H2,1-3H3,(H,21,24). The maximum Gasteiger partial charge on any atom is 0.257 e. The number of carbonyl (C=O) groups is 1. The van der Waals surface area contributed by atoms with Crippen LogP contribution in [0.5, 0.6) is 11.5 Å². The predicted octanol–water partition coefficient (Wildman–Crippen LogP) is 3.51. The largest absolute Gasteiger partial charge is 0.497 e. The lowest BCUT2D eigenvalue weighted by Gasteiger charge is -2.11. The van der Waals surface area contributed by atoms with Crippen molar-refractivity contribution in [3.63, 3.8) is 0 Å². The molecule has 0 fully saturated rings. The fraction of sp³-hybridized carbons (Fsp3) is 0.200. The number of anilines is 1. The molecule has 6 nitrogen and oxygen atoms in total. The van der Waals surface area contributed by atoms with E-state index in [-0.39, 0.29) is 5.91 Å². The van der Waals surface area contributed by atoms with Crippen LogP contribution in [-0.2, 0) is 6.54 Å². The molecule has 134 valence electrons. The van der Waals surface area contributed by atoms with Crippen LogP contribution in [0.25, 0.3) is 0 Å². The summed E-state index contributed by atoms with van der Waals surface area (Å²) in [6.45, 7) is 2.47. The number of hydrogen-bond acceptors (Lipinski definition) is 4. The SMILES string of the molecule is COc1cc(OC)cc(C(=O)Nc2cc(C)nn2Cc2ccccc2)c1. The predicted molar refractivity (Wildman–Crippen MR) is 100 cm³/mol. The van der Waals surface area contributed by atoms with Gasteiger partial charge < -0.3 is 14.8 Å². The highest BCUT2D eigenvalue weighted by Crippen LogP contribution is 2.23. The van der Waals surface area contributed by atoms with Crippen LogP contribution in [0.1, 0.15) is 21.6 Å². The Bertz CT molecular complexity index is 882. The fourth-order valence-corrected chi connectivity index (χ4v) is 2.65. The minimum absolute atomic E-state index is 0.253. The van der Waals surface area contributed by atoms with E-state index in [1.807, 2.05) is 43.3 Å². The molecule has 0 spiro atoms. The van der Waals surface area contributed by atoms with Crippen LogP contribution in [-0.4, -0.2) is 29.9 Å². The Morgan fingerprint density at radius 2 is 1.69 bits per heavy atom. The number of aromatic nitrogens is 2. The summed E-state index contributed by atoms with van der Waals surface area (Å²) in [4.78, 5) is 12.7. The van der Waals surface area contributed by atoms with Crippen LogP contribution < -0.4 is 14.8 Å². The fourth-order valence-electron chi connectivity index (χ4n) is 2.65. The highest BCUT2D eigenvalue weighted by molar-refractivity contribution is 6.04. The topological polar surface area (TPSA) is 65.4 Å². The van der Waals surface area contributed by atoms with Gasteiger partial charge in [0.15, 0.2) is 0 Å². The number of amides is 1. The van der Waals surface area contributed by atoms with E-state index in [1.165, 1.54) is 0 Å². The first-order valence-corrected chi connectivity index (χ1v) is 8.22. The number of nitrogens with zero attached hydrogens (tertiary/aromatic N) is 2. The molecule has 3 rings (SSSR count). The first-order chi connectivity index (χ1) is 12.6. The van der Waals surface area contributed by atoms with Gasteiger partial charge >= 0.3 is 0 Å². The molecule has 1 aromatic heterocycles. The number of aryl methyl sites for hydroxylation is 1. The zero-order chi connectivity index (χ0) is 18.5. The van der Waals surface area contributed by atoms with Crippen molar-refractivity contribution in [3.05, 3.63) is 71.4 Å². The van der Waals surface area contributed by atoms with Gasteiger partial charge in [-0.2, -0.15) is 5.10 Å². The van der Waals surface area contributed by atoms with Gasteiger partial charge in [-0.05, 0) is 24.6 Å². The van der Waals surface area contributed by atoms with Gasteiger partial charge in [0, 0.05) is 17.7 Å². The minimum Gasteiger partial charge on any atom is -0.497 e. The Morgan fingerprint density at radius 1 is 1.04 bits per heavy atom. The molecule has 0 aliphatic carbocycles. The summed E-state index contributed by atoms with van der Waals surface area (Å²) in [5, 5.41) is 7.39. The summed E-state index contributed by atoms with van der Waals surface area (Å²) in [6, 6.07) is 16.9. The number of rotatable bonds is 6. The molecule has 0 aliphatic heterocycles. The smallest absolute Gasteiger partial charge is 0.257 e. The third-order valence-electron chi connectivity index (χ3n) is 3.93. The van der Waals surface area contributed by atoms with Crippen molar-refractivity contribution in [1.82, 2.24) is 9.78 Å². The van der Waals surface area contributed by atoms with Crippen molar-refractivity contribution in [2.45, 2.75) is 13.5 Å². The molecular weight excluding hydrogens is 330 g/mol. The summed E-state index contributed by atoms with van der Waals surface area (Å²) in [7, 11) is 3.10. The van der Waals surface area contributed by atoms with Gasteiger partial charge in [-0.15, -0.1) is 0 Å². The van der Waals surface area contributed by atoms with Crippen molar-refractivity contribution < 1.29 is 14.3 Å². The molecule has 0 saturated heterocycles. The highest BCUT2D eigenvalue weighted by Gasteiger charge is 2.14. The third kappa shape index (κ3) is 4.03. The number of ether oxygens (including phenoxy) is 2. The molecule has 26 heavy (non-hydrogen) atoms. The van der Waals surface area contributed by atoms with E-state index in [4.69, 9.17) is 9.47 Å². The molecule has 0 bridgehead atoms. The molecule has 2 aromatic carbocycles. The van der Waals surface area contributed by atoms with Crippen molar-refractivity contribution in [2.24, 2.45) is 0 Å². The Kier molecular flexibility index (Phi) is 5.22.